The highest BCUT2D eigenvalue weighted by Crippen LogP contribution is 2.37. The smallest absolute Gasteiger partial charge is 0.254 e. The van der Waals surface area contributed by atoms with E-state index in [4.69, 9.17) is 4.74 Å². The van der Waals surface area contributed by atoms with Gasteiger partial charge in [0.25, 0.3) is 5.91 Å². The maximum Gasteiger partial charge on any atom is 0.254 e. The van der Waals surface area contributed by atoms with Crippen molar-refractivity contribution in [3.05, 3.63) is 87.6 Å². The molecule has 2 aliphatic rings. The topological polar surface area (TPSA) is 53.1 Å². The maximum atomic E-state index is 13.1. The van der Waals surface area contributed by atoms with E-state index in [1.807, 2.05) is 45.4 Å². The summed E-state index contributed by atoms with van der Waals surface area (Å²) in [7, 11) is 1.60. The fourth-order valence-corrected chi connectivity index (χ4v) is 6.03. The van der Waals surface area contributed by atoms with Crippen LogP contribution in [-0.2, 0) is 11.2 Å². The number of rotatable bonds is 6. The highest BCUT2D eigenvalue weighted by atomic mass is 32.1. The number of hydrogen-bond acceptors (Lipinski definition) is 5. The molecule has 35 heavy (non-hydrogen) atoms. The third-order valence-electron chi connectivity index (χ3n) is 7.03. The SMILES string of the molecule is COc1cccc(C(=O)N2CCN(C(=O)CCN3CCc4sccc4C3c3ccccc3)CC2)c1. The number of methoxy groups -OCH3 is 1. The van der Waals surface area contributed by atoms with E-state index in [9.17, 15) is 9.59 Å². The highest BCUT2D eigenvalue weighted by Gasteiger charge is 2.31. The summed E-state index contributed by atoms with van der Waals surface area (Å²) in [6, 6.07) is 20.3. The molecule has 1 saturated heterocycles. The lowest BCUT2D eigenvalue weighted by atomic mass is 9.93. The molecule has 6 nitrogen and oxygen atoms in total. The van der Waals surface area contributed by atoms with E-state index in [-0.39, 0.29) is 17.9 Å². The number of carbonyl (C=O) groups is 2. The number of piperazine rings is 1. The first-order chi connectivity index (χ1) is 17.1. The molecule has 7 heteroatoms. The molecule has 1 fully saturated rings. The minimum Gasteiger partial charge on any atom is -0.497 e. The Morgan fingerprint density at radius 1 is 0.943 bits per heavy atom. The molecule has 3 aromatic rings. The minimum absolute atomic E-state index is 0.0124. The number of ether oxygens (including phenoxy) is 1. The first kappa shape index (κ1) is 23.6. The Labute approximate surface area is 210 Å². The van der Waals surface area contributed by atoms with Crippen LogP contribution in [0.15, 0.2) is 66.0 Å². The van der Waals surface area contributed by atoms with E-state index < -0.39 is 0 Å². The van der Waals surface area contributed by atoms with Crippen LogP contribution >= 0.6 is 11.3 Å². The molecule has 1 atom stereocenters. The summed E-state index contributed by atoms with van der Waals surface area (Å²) in [4.78, 5) is 33.6. The summed E-state index contributed by atoms with van der Waals surface area (Å²) in [5.74, 6) is 0.828. The average Bonchev–Trinajstić information content (AvgIpc) is 3.40. The molecule has 1 aromatic heterocycles. The summed E-state index contributed by atoms with van der Waals surface area (Å²) in [6.07, 6.45) is 1.53. The van der Waals surface area contributed by atoms with Crippen molar-refractivity contribution in [3.8, 4) is 5.75 Å². The summed E-state index contributed by atoms with van der Waals surface area (Å²) in [5.41, 5.74) is 3.28. The van der Waals surface area contributed by atoms with Crippen molar-refractivity contribution in [3.63, 3.8) is 0 Å². The van der Waals surface area contributed by atoms with Crippen LogP contribution in [0.5, 0.6) is 5.75 Å². The van der Waals surface area contributed by atoms with Crippen LogP contribution < -0.4 is 4.74 Å². The zero-order valence-corrected chi connectivity index (χ0v) is 20.9. The highest BCUT2D eigenvalue weighted by molar-refractivity contribution is 7.10. The van der Waals surface area contributed by atoms with Crippen LogP contribution in [-0.4, -0.2) is 72.9 Å². The first-order valence-electron chi connectivity index (χ1n) is 12.2. The Kier molecular flexibility index (Phi) is 7.16. The van der Waals surface area contributed by atoms with Crippen LogP contribution in [0.2, 0.25) is 0 Å². The molecule has 0 radical (unpaired) electrons. The lowest BCUT2D eigenvalue weighted by Gasteiger charge is -2.38. The Hall–Kier alpha value is -3.16. The van der Waals surface area contributed by atoms with Gasteiger partial charge in [0.05, 0.1) is 13.2 Å². The van der Waals surface area contributed by atoms with E-state index in [1.165, 1.54) is 16.0 Å². The van der Waals surface area contributed by atoms with E-state index in [0.29, 0.717) is 43.9 Å². The minimum atomic E-state index is -0.0124. The van der Waals surface area contributed by atoms with Crippen LogP contribution in [0, 0.1) is 0 Å². The van der Waals surface area contributed by atoms with Gasteiger partial charge in [-0.3, -0.25) is 14.5 Å². The van der Waals surface area contributed by atoms with Crippen molar-refractivity contribution in [2.24, 2.45) is 0 Å². The number of fused-ring (bicyclic) bond motifs is 1. The molecule has 182 valence electrons. The third kappa shape index (κ3) is 5.11. The monoisotopic (exact) mass is 489 g/mol. The lowest BCUT2D eigenvalue weighted by Crippen LogP contribution is -2.51. The fourth-order valence-electron chi connectivity index (χ4n) is 5.13. The van der Waals surface area contributed by atoms with Crippen molar-refractivity contribution < 1.29 is 14.3 Å². The summed E-state index contributed by atoms with van der Waals surface area (Å²) in [5, 5.41) is 2.18. The fraction of sp³-hybridized carbons (Fsp3) is 0.357. The van der Waals surface area contributed by atoms with Gasteiger partial charge in [-0.15, -0.1) is 11.3 Å². The number of benzene rings is 2. The number of nitrogens with zero attached hydrogens (tertiary/aromatic N) is 3. The second-order valence-electron chi connectivity index (χ2n) is 9.05. The van der Waals surface area contributed by atoms with Crippen molar-refractivity contribution in [2.45, 2.75) is 18.9 Å². The van der Waals surface area contributed by atoms with Gasteiger partial charge in [0, 0.05) is 56.1 Å². The zero-order valence-electron chi connectivity index (χ0n) is 20.1. The molecule has 2 aromatic carbocycles. The molecule has 0 saturated carbocycles. The van der Waals surface area contributed by atoms with E-state index in [1.54, 1.807) is 13.2 Å². The predicted molar refractivity (Wildman–Crippen MR) is 138 cm³/mol. The zero-order chi connectivity index (χ0) is 24.2. The Morgan fingerprint density at radius 3 is 2.49 bits per heavy atom. The quantitative estimate of drug-likeness (QED) is 0.524. The van der Waals surface area contributed by atoms with Gasteiger partial charge in [-0.2, -0.15) is 0 Å². The number of amides is 2. The van der Waals surface area contributed by atoms with Gasteiger partial charge in [0.1, 0.15) is 5.75 Å². The summed E-state index contributed by atoms with van der Waals surface area (Å²) < 4.78 is 5.24. The summed E-state index contributed by atoms with van der Waals surface area (Å²) >= 11 is 1.83. The van der Waals surface area contributed by atoms with E-state index >= 15 is 0 Å². The number of hydrogen-bond donors (Lipinski definition) is 0. The van der Waals surface area contributed by atoms with Crippen molar-refractivity contribution in [1.29, 1.82) is 0 Å². The molecule has 5 rings (SSSR count). The Bertz CT molecular complexity index is 1170. The van der Waals surface area contributed by atoms with Gasteiger partial charge >= 0.3 is 0 Å². The van der Waals surface area contributed by atoms with Crippen LogP contribution in [0.1, 0.15) is 38.8 Å². The molecule has 2 aliphatic heterocycles. The van der Waals surface area contributed by atoms with Crippen LogP contribution in [0.3, 0.4) is 0 Å². The van der Waals surface area contributed by atoms with Crippen molar-refractivity contribution >= 4 is 23.2 Å². The average molecular weight is 490 g/mol. The second kappa shape index (κ2) is 10.6. The van der Waals surface area contributed by atoms with Gasteiger partial charge < -0.3 is 14.5 Å². The van der Waals surface area contributed by atoms with Crippen molar-refractivity contribution in [1.82, 2.24) is 14.7 Å². The van der Waals surface area contributed by atoms with E-state index in [0.717, 1.165) is 19.5 Å². The summed E-state index contributed by atoms with van der Waals surface area (Å²) in [6.45, 7) is 3.95. The normalized spacial score (nSPS) is 18.3. The molecule has 0 N–H and O–H groups in total. The molecule has 0 aliphatic carbocycles. The standard InChI is InChI=1S/C28H31N3O3S/c1-34-23-9-5-8-22(20-23)28(33)31-17-15-29(16-18-31)26(32)11-14-30-13-10-25-24(12-19-35-25)27(30)21-6-3-2-4-7-21/h2-9,12,19-20,27H,10-11,13-18H2,1H3. The maximum absolute atomic E-state index is 13.1. The van der Waals surface area contributed by atoms with Crippen LogP contribution in [0.4, 0.5) is 0 Å². The predicted octanol–water partition coefficient (Wildman–Crippen LogP) is 4.08. The van der Waals surface area contributed by atoms with Crippen LogP contribution in [0.25, 0.3) is 0 Å². The molecular weight excluding hydrogens is 458 g/mol. The molecular formula is C28H31N3O3S. The lowest BCUT2D eigenvalue weighted by molar-refractivity contribution is -0.133. The molecule has 0 spiro atoms. The van der Waals surface area contributed by atoms with Gasteiger partial charge in [0.2, 0.25) is 5.91 Å². The number of carbonyl (C=O) groups excluding carboxylic acids is 2. The molecule has 1 unspecified atom stereocenters. The molecule has 3 heterocycles. The Morgan fingerprint density at radius 2 is 1.71 bits per heavy atom. The largest absolute Gasteiger partial charge is 0.497 e. The molecule has 0 bridgehead atoms. The van der Waals surface area contributed by atoms with Crippen molar-refractivity contribution in [2.75, 3.05) is 46.4 Å². The van der Waals surface area contributed by atoms with Gasteiger partial charge in [-0.25, -0.2) is 0 Å². The Balaban J connectivity index is 1.18. The van der Waals surface area contributed by atoms with Gasteiger partial charge in [-0.1, -0.05) is 36.4 Å². The van der Waals surface area contributed by atoms with Gasteiger partial charge in [0.15, 0.2) is 0 Å². The van der Waals surface area contributed by atoms with E-state index in [2.05, 4.69) is 40.6 Å². The first-order valence-corrected chi connectivity index (χ1v) is 13.1. The second-order valence-corrected chi connectivity index (χ2v) is 10.1. The van der Waals surface area contributed by atoms with Gasteiger partial charge in [-0.05, 0) is 47.2 Å². The number of thiophene rings is 1. The third-order valence-corrected chi connectivity index (χ3v) is 8.03. The molecule has 2 amide bonds.